The highest BCUT2D eigenvalue weighted by Gasteiger charge is 2.55. The number of nitrogens with one attached hydrogen (secondary N) is 1. The number of rotatable bonds is 5. The van der Waals surface area contributed by atoms with Gasteiger partial charge in [0.25, 0.3) is 11.6 Å². The van der Waals surface area contributed by atoms with Gasteiger partial charge >= 0.3 is 5.97 Å². The molecule has 1 amide bonds. The van der Waals surface area contributed by atoms with Crippen molar-refractivity contribution < 1.29 is 19.2 Å². The Balaban J connectivity index is 1.35. The molecule has 0 aromatic heterocycles. The van der Waals surface area contributed by atoms with Gasteiger partial charge in [-0.1, -0.05) is 12.5 Å². The fourth-order valence-corrected chi connectivity index (χ4v) is 9.00. The lowest BCUT2D eigenvalue weighted by Gasteiger charge is -2.51. The monoisotopic (exact) mass is 450 g/mol. The van der Waals surface area contributed by atoms with Crippen LogP contribution < -0.4 is 5.32 Å². The summed E-state index contributed by atoms with van der Waals surface area (Å²) >= 11 is 4.19. The van der Waals surface area contributed by atoms with Crippen molar-refractivity contribution in [1.82, 2.24) is 0 Å². The summed E-state index contributed by atoms with van der Waals surface area (Å²) in [7, 11) is 0. The number of non-ortho nitro benzene ring substituents is 1. The number of amides is 1. The minimum Gasteiger partial charge on any atom is -0.452 e. The molecular weight excluding hydrogens is 424 g/mol. The quantitative estimate of drug-likeness (QED) is 0.401. The predicted octanol–water partition coefficient (Wildman–Crippen LogP) is 4.47. The van der Waals surface area contributed by atoms with Crippen LogP contribution in [0.25, 0.3) is 0 Å². The van der Waals surface area contributed by atoms with Crippen LogP contribution in [0.4, 0.5) is 11.4 Å². The van der Waals surface area contributed by atoms with Crippen LogP contribution in [0.1, 0.15) is 39.0 Å². The van der Waals surface area contributed by atoms with E-state index >= 15 is 0 Å². The van der Waals surface area contributed by atoms with E-state index in [4.69, 9.17) is 4.74 Å². The zero-order chi connectivity index (χ0) is 21.3. The number of nitrogens with zero attached hydrogens (tertiary/aromatic N) is 1. The van der Waals surface area contributed by atoms with Crippen molar-refractivity contribution in [3.63, 3.8) is 0 Å². The maximum absolute atomic E-state index is 12.8. The number of nitro benzene ring substituents is 1. The van der Waals surface area contributed by atoms with E-state index in [-0.39, 0.29) is 17.6 Å². The van der Waals surface area contributed by atoms with Gasteiger partial charge in [0.2, 0.25) is 0 Å². The maximum Gasteiger partial charge on any atom is 0.309 e. The molecule has 3 fully saturated rings. The average molecular weight is 451 g/mol. The number of esters is 1. The number of thioether (sulfide) groups is 2. The van der Waals surface area contributed by atoms with Crippen LogP contribution in [-0.4, -0.2) is 38.5 Å². The van der Waals surface area contributed by atoms with E-state index in [1.165, 1.54) is 49.0 Å². The minimum absolute atomic E-state index is 0.109. The summed E-state index contributed by atoms with van der Waals surface area (Å²) < 4.78 is 5.81. The Bertz CT molecular complexity index is 826. The number of carbonyl (C=O) groups is 2. The third-order valence-corrected chi connectivity index (χ3v) is 10.5. The molecule has 4 rings (SSSR count). The van der Waals surface area contributed by atoms with E-state index in [1.54, 1.807) is 13.0 Å². The lowest BCUT2D eigenvalue weighted by molar-refractivity contribution is -0.384. The molecule has 1 spiro atoms. The van der Waals surface area contributed by atoms with Crippen LogP contribution in [0, 0.1) is 27.9 Å². The second kappa shape index (κ2) is 8.78. The van der Waals surface area contributed by atoms with Crippen molar-refractivity contribution in [2.45, 2.75) is 49.2 Å². The molecule has 7 nitrogen and oxygen atoms in total. The molecule has 30 heavy (non-hydrogen) atoms. The fraction of sp³-hybridized carbons (Fsp3) is 0.619. The van der Waals surface area contributed by atoms with Gasteiger partial charge in [-0.25, -0.2) is 0 Å². The zero-order valence-electron chi connectivity index (χ0n) is 16.9. The van der Waals surface area contributed by atoms with Gasteiger partial charge in [0.15, 0.2) is 6.10 Å². The van der Waals surface area contributed by atoms with Crippen molar-refractivity contribution in [2.24, 2.45) is 17.8 Å². The summed E-state index contributed by atoms with van der Waals surface area (Å²) in [5, 5.41) is 13.5. The Morgan fingerprint density at radius 1 is 1.23 bits per heavy atom. The predicted molar refractivity (Wildman–Crippen MR) is 118 cm³/mol. The van der Waals surface area contributed by atoms with E-state index in [1.807, 2.05) is 0 Å². The molecule has 1 aromatic carbocycles. The fourth-order valence-electron chi connectivity index (χ4n) is 5.07. The Morgan fingerprint density at radius 3 is 2.53 bits per heavy atom. The molecule has 1 unspecified atom stereocenters. The molecule has 0 radical (unpaired) electrons. The topological polar surface area (TPSA) is 98.5 Å². The number of benzene rings is 1. The van der Waals surface area contributed by atoms with Gasteiger partial charge in [0.05, 0.1) is 14.9 Å². The number of ether oxygens (including phenoxy) is 1. The lowest BCUT2D eigenvalue weighted by Crippen LogP contribution is -2.48. The van der Waals surface area contributed by atoms with Gasteiger partial charge in [0, 0.05) is 29.3 Å². The van der Waals surface area contributed by atoms with Gasteiger partial charge in [0.1, 0.15) is 0 Å². The molecule has 162 valence electrons. The summed E-state index contributed by atoms with van der Waals surface area (Å²) in [6.07, 6.45) is 4.31. The first-order valence-corrected chi connectivity index (χ1v) is 12.4. The molecule has 1 saturated heterocycles. The summed E-state index contributed by atoms with van der Waals surface area (Å²) in [6, 6.07) is 5.70. The van der Waals surface area contributed by atoms with Crippen molar-refractivity contribution in [1.29, 1.82) is 0 Å². The molecule has 4 atom stereocenters. The van der Waals surface area contributed by atoms with Crippen LogP contribution >= 0.6 is 23.5 Å². The van der Waals surface area contributed by atoms with Gasteiger partial charge in [-0.05, 0) is 50.5 Å². The standard InChI is InChI=1S/C21H26N2O5S2/c1-13(19(24)22-17-6-3-7-18(12-17)23(26)27)28-20(25)14-10-15-4-2-5-16(11-14)21(15)29-8-9-30-21/h3,6-7,12-16H,2,4-5,8-11H2,1H3,(H,22,24)/t13-,14?,15-,16+/m0/s1. The second-order valence-electron chi connectivity index (χ2n) is 8.29. The molecule has 1 N–H and O–H groups in total. The van der Waals surface area contributed by atoms with Gasteiger partial charge in [-0.2, -0.15) is 0 Å². The lowest BCUT2D eigenvalue weighted by atomic mass is 9.67. The molecule has 9 heteroatoms. The molecule has 3 aliphatic rings. The highest BCUT2D eigenvalue weighted by molar-refractivity contribution is 8.21. The number of anilines is 1. The number of carbonyl (C=O) groups excluding carboxylic acids is 2. The number of nitro groups is 1. The van der Waals surface area contributed by atoms with Crippen LogP contribution in [-0.2, 0) is 14.3 Å². The first-order valence-electron chi connectivity index (χ1n) is 10.4. The van der Waals surface area contributed by atoms with Crippen molar-refractivity contribution in [3.8, 4) is 0 Å². The molecular formula is C21H26N2O5S2. The summed E-state index contributed by atoms with van der Waals surface area (Å²) in [5.74, 6) is 2.53. The van der Waals surface area contributed by atoms with Gasteiger partial charge in [-0.3, -0.25) is 19.7 Å². The molecule has 2 aliphatic carbocycles. The Morgan fingerprint density at radius 2 is 1.90 bits per heavy atom. The Kier molecular flexibility index (Phi) is 6.29. The average Bonchev–Trinajstić information content (AvgIpc) is 3.17. The second-order valence-corrected chi connectivity index (χ2v) is 11.3. The normalized spacial score (nSPS) is 28.0. The third-order valence-electron chi connectivity index (χ3n) is 6.44. The number of hydrogen-bond acceptors (Lipinski definition) is 7. The Labute approximate surface area is 184 Å². The van der Waals surface area contributed by atoms with Gasteiger partial charge in [-0.15, -0.1) is 23.5 Å². The molecule has 1 aliphatic heterocycles. The van der Waals surface area contributed by atoms with E-state index in [0.717, 1.165) is 12.8 Å². The van der Waals surface area contributed by atoms with Crippen molar-refractivity contribution in [3.05, 3.63) is 34.4 Å². The Hall–Kier alpha value is -1.74. The first kappa shape index (κ1) is 21.5. The summed E-state index contributed by atoms with van der Waals surface area (Å²) in [6.45, 7) is 1.54. The molecule has 1 heterocycles. The molecule has 1 aromatic rings. The smallest absolute Gasteiger partial charge is 0.309 e. The third kappa shape index (κ3) is 4.19. The van der Waals surface area contributed by atoms with Gasteiger partial charge < -0.3 is 10.1 Å². The SMILES string of the molecule is C[C@H](OC(=O)C1C[C@H]2CCC[C@@H](C1)C21SCCS1)C(=O)Nc1cccc([N+](=O)[O-])c1. The first-order chi connectivity index (χ1) is 14.4. The van der Waals surface area contributed by atoms with E-state index in [9.17, 15) is 19.7 Å². The van der Waals surface area contributed by atoms with Crippen LogP contribution in [0.3, 0.4) is 0 Å². The maximum atomic E-state index is 12.8. The highest BCUT2D eigenvalue weighted by atomic mass is 32.2. The van der Waals surface area contributed by atoms with Crippen molar-refractivity contribution >= 4 is 46.8 Å². The summed E-state index contributed by atoms with van der Waals surface area (Å²) in [4.78, 5) is 35.7. The molecule has 2 bridgehead atoms. The van der Waals surface area contributed by atoms with Crippen LogP contribution in [0.2, 0.25) is 0 Å². The van der Waals surface area contributed by atoms with Crippen LogP contribution in [0.5, 0.6) is 0 Å². The van der Waals surface area contributed by atoms with E-state index in [2.05, 4.69) is 28.8 Å². The largest absolute Gasteiger partial charge is 0.452 e. The highest BCUT2D eigenvalue weighted by Crippen LogP contribution is 2.64. The zero-order valence-corrected chi connectivity index (χ0v) is 18.5. The van der Waals surface area contributed by atoms with Crippen LogP contribution in [0.15, 0.2) is 24.3 Å². The van der Waals surface area contributed by atoms with E-state index in [0.29, 0.717) is 21.6 Å². The van der Waals surface area contributed by atoms with E-state index < -0.39 is 16.9 Å². The summed E-state index contributed by atoms with van der Waals surface area (Å²) in [5.41, 5.74) is 0.198. The van der Waals surface area contributed by atoms with Crippen molar-refractivity contribution in [2.75, 3.05) is 16.8 Å². The number of hydrogen-bond donors (Lipinski definition) is 1. The minimum atomic E-state index is -0.956. The molecule has 2 saturated carbocycles.